The topological polar surface area (TPSA) is 68.5 Å². The second-order valence-corrected chi connectivity index (χ2v) is 7.13. The number of rotatable bonds is 4. The van der Waals surface area contributed by atoms with Gasteiger partial charge in [0.2, 0.25) is 0 Å². The summed E-state index contributed by atoms with van der Waals surface area (Å²) in [6.45, 7) is 7.70. The van der Waals surface area contributed by atoms with Crippen molar-refractivity contribution in [2.45, 2.75) is 27.7 Å². The molecular formula is C23H22N4O2. The quantitative estimate of drug-likeness (QED) is 0.535. The number of nitrogens with zero attached hydrogens (tertiary/aromatic N) is 3. The first-order chi connectivity index (χ1) is 13.9. The molecule has 0 aliphatic rings. The van der Waals surface area contributed by atoms with Crippen LogP contribution in [-0.4, -0.2) is 20.5 Å². The molecule has 0 radical (unpaired) electrons. The first-order valence-electron chi connectivity index (χ1n) is 9.40. The van der Waals surface area contributed by atoms with E-state index in [4.69, 9.17) is 4.74 Å². The van der Waals surface area contributed by atoms with Crippen LogP contribution in [0.5, 0.6) is 11.5 Å². The predicted molar refractivity (Wildman–Crippen MR) is 113 cm³/mol. The summed E-state index contributed by atoms with van der Waals surface area (Å²) in [7, 11) is 0. The van der Waals surface area contributed by atoms with Gasteiger partial charge in [0.25, 0.3) is 5.91 Å². The summed E-state index contributed by atoms with van der Waals surface area (Å²) in [5.74, 6) is 1.24. The molecule has 6 heteroatoms. The standard InChI is InChI=1S/C23H22N4O2/c1-14-5-9-19(10-6-14)29-20-11-7-18(8-12-20)25-23(28)21-17(4)26-27-16(3)13-15(2)24-22(21)27/h5-13H,1-4H3,(H,25,28). The Morgan fingerprint density at radius 1 is 0.931 bits per heavy atom. The van der Waals surface area contributed by atoms with Crippen LogP contribution in [-0.2, 0) is 0 Å². The van der Waals surface area contributed by atoms with Crippen LogP contribution in [0.4, 0.5) is 5.69 Å². The van der Waals surface area contributed by atoms with Crippen molar-refractivity contribution in [2.24, 2.45) is 0 Å². The molecule has 4 rings (SSSR count). The number of benzene rings is 2. The fraction of sp³-hybridized carbons (Fsp3) is 0.174. The third kappa shape index (κ3) is 3.82. The van der Waals surface area contributed by atoms with Gasteiger partial charge in [-0.3, -0.25) is 4.79 Å². The zero-order valence-electron chi connectivity index (χ0n) is 16.9. The van der Waals surface area contributed by atoms with Gasteiger partial charge >= 0.3 is 0 Å². The summed E-state index contributed by atoms with van der Waals surface area (Å²) in [6, 6.07) is 17.1. The lowest BCUT2D eigenvalue weighted by Gasteiger charge is -2.08. The molecule has 2 aromatic heterocycles. The molecule has 0 atom stereocenters. The highest BCUT2D eigenvalue weighted by Crippen LogP contribution is 2.24. The SMILES string of the molecule is Cc1ccc(Oc2ccc(NC(=O)c3c(C)nn4c(C)cc(C)nc34)cc2)cc1. The van der Waals surface area contributed by atoms with E-state index in [2.05, 4.69) is 15.4 Å². The number of carbonyl (C=O) groups is 1. The molecule has 0 saturated carbocycles. The van der Waals surface area contributed by atoms with E-state index in [9.17, 15) is 4.79 Å². The lowest BCUT2D eigenvalue weighted by Crippen LogP contribution is -2.13. The molecule has 0 unspecified atom stereocenters. The maximum atomic E-state index is 12.9. The molecule has 1 amide bonds. The van der Waals surface area contributed by atoms with Gasteiger partial charge in [-0.15, -0.1) is 0 Å². The fourth-order valence-corrected chi connectivity index (χ4v) is 3.24. The Hall–Kier alpha value is -3.67. The van der Waals surface area contributed by atoms with E-state index < -0.39 is 0 Å². The van der Waals surface area contributed by atoms with Gasteiger partial charge in [0, 0.05) is 17.1 Å². The Morgan fingerprint density at radius 3 is 2.21 bits per heavy atom. The van der Waals surface area contributed by atoms with Crippen LogP contribution in [0.25, 0.3) is 5.65 Å². The lowest BCUT2D eigenvalue weighted by molar-refractivity contribution is 0.102. The van der Waals surface area contributed by atoms with Crippen LogP contribution in [0, 0.1) is 27.7 Å². The molecule has 6 nitrogen and oxygen atoms in total. The fourth-order valence-electron chi connectivity index (χ4n) is 3.24. The van der Waals surface area contributed by atoms with Crippen molar-refractivity contribution < 1.29 is 9.53 Å². The van der Waals surface area contributed by atoms with E-state index in [0.717, 1.165) is 17.1 Å². The van der Waals surface area contributed by atoms with Crippen molar-refractivity contribution in [1.82, 2.24) is 14.6 Å². The van der Waals surface area contributed by atoms with Gasteiger partial charge in [-0.2, -0.15) is 5.10 Å². The molecule has 1 N–H and O–H groups in total. The third-order valence-corrected chi connectivity index (χ3v) is 4.67. The average molecular weight is 386 g/mol. The number of nitrogens with one attached hydrogen (secondary N) is 1. The summed E-state index contributed by atoms with van der Waals surface area (Å²) in [5, 5.41) is 7.38. The number of anilines is 1. The second-order valence-electron chi connectivity index (χ2n) is 7.13. The van der Waals surface area contributed by atoms with Crippen molar-refractivity contribution in [1.29, 1.82) is 0 Å². The van der Waals surface area contributed by atoms with Crippen molar-refractivity contribution in [2.75, 3.05) is 5.32 Å². The Labute approximate surface area is 169 Å². The number of hydrogen-bond donors (Lipinski definition) is 1. The highest BCUT2D eigenvalue weighted by Gasteiger charge is 2.19. The van der Waals surface area contributed by atoms with Crippen LogP contribution in [0.1, 0.15) is 33.0 Å². The van der Waals surface area contributed by atoms with Crippen molar-refractivity contribution in [3.8, 4) is 11.5 Å². The number of carbonyl (C=O) groups excluding carboxylic acids is 1. The number of hydrogen-bond acceptors (Lipinski definition) is 4. The van der Waals surface area contributed by atoms with Crippen molar-refractivity contribution in [3.63, 3.8) is 0 Å². The maximum absolute atomic E-state index is 12.9. The van der Waals surface area contributed by atoms with Gasteiger partial charge in [-0.05, 0) is 70.2 Å². The summed E-state index contributed by atoms with van der Waals surface area (Å²) in [6.07, 6.45) is 0. The van der Waals surface area contributed by atoms with Gasteiger partial charge in [0.05, 0.1) is 5.69 Å². The van der Waals surface area contributed by atoms with Crippen LogP contribution < -0.4 is 10.1 Å². The minimum atomic E-state index is -0.234. The predicted octanol–water partition coefficient (Wildman–Crippen LogP) is 5.01. The molecule has 2 heterocycles. The van der Waals surface area contributed by atoms with E-state index >= 15 is 0 Å². The van der Waals surface area contributed by atoms with Gasteiger partial charge in [-0.1, -0.05) is 17.7 Å². The monoisotopic (exact) mass is 386 g/mol. The van der Waals surface area contributed by atoms with Gasteiger partial charge in [-0.25, -0.2) is 9.50 Å². The first kappa shape index (κ1) is 18.7. The highest BCUT2D eigenvalue weighted by molar-refractivity contribution is 6.09. The largest absolute Gasteiger partial charge is 0.457 e. The number of amides is 1. The number of aryl methyl sites for hydroxylation is 4. The van der Waals surface area contributed by atoms with Gasteiger partial charge in [0.15, 0.2) is 5.65 Å². The van der Waals surface area contributed by atoms with Crippen LogP contribution in [0.3, 0.4) is 0 Å². The van der Waals surface area contributed by atoms with Crippen LogP contribution >= 0.6 is 0 Å². The summed E-state index contributed by atoms with van der Waals surface area (Å²) in [4.78, 5) is 17.4. The van der Waals surface area contributed by atoms with Crippen LogP contribution in [0.2, 0.25) is 0 Å². The highest BCUT2D eigenvalue weighted by atomic mass is 16.5. The van der Waals surface area contributed by atoms with E-state index in [1.54, 1.807) is 4.52 Å². The van der Waals surface area contributed by atoms with Gasteiger partial charge < -0.3 is 10.1 Å². The molecule has 0 aliphatic heterocycles. The molecule has 0 bridgehead atoms. The lowest BCUT2D eigenvalue weighted by atomic mass is 10.2. The van der Waals surface area contributed by atoms with Gasteiger partial charge in [0.1, 0.15) is 17.1 Å². The number of fused-ring (bicyclic) bond motifs is 1. The van der Waals surface area contributed by atoms with Crippen molar-refractivity contribution in [3.05, 3.63) is 82.8 Å². The zero-order valence-corrected chi connectivity index (χ0v) is 16.9. The normalized spacial score (nSPS) is 10.9. The van der Waals surface area contributed by atoms with E-state index in [1.165, 1.54) is 5.56 Å². The van der Waals surface area contributed by atoms with E-state index in [1.807, 2.05) is 82.3 Å². The minimum absolute atomic E-state index is 0.234. The Kier molecular flexibility index (Phi) is 4.76. The summed E-state index contributed by atoms with van der Waals surface area (Å²) in [5.41, 5.74) is 5.33. The Bertz CT molecular complexity index is 1190. The van der Waals surface area contributed by atoms with E-state index in [-0.39, 0.29) is 5.91 Å². The molecule has 4 aromatic rings. The molecule has 2 aromatic carbocycles. The molecule has 0 saturated heterocycles. The molecule has 0 fully saturated rings. The number of aromatic nitrogens is 3. The molecule has 0 spiro atoms. The second kappa shape index (κ2) is 7.39. The molecule has 0 aliphatic carbocycles. The van der Waals surface area contributed by atoms with Crippen molar-refractivity contribution >= 4 is 17.2 Å². The first-order valence-corrected chi connectivity index (χ1v) is 9.40. The molecule has 29 heavy (non-hydrogen) atoms. The zero-order chi connectivity index (χ0) is 20.5. The Balaban J connectivity index is 1.54. The average Bonchev–Trinajstić information content (AvgIpc) is 3.01. The summed E-state index contributed by atoms with van der Waals surface area (Å²) >= 11 is 0. The molecular weight excluding hydrogens is 364 g/mol. The maximum Gasteiger partial charge on any atom is 0.261 e. The molecule has 146 valence electrons. The minimum Gasteiger partial charge on any atom is -0.457 e. The summed E-state index contributed by atoms with van der Waals surface area (Å²) < 4.78 is 7.54. The van der Waals surface area contributed by atoms with Crippen LogP contribution in [0.15, 0.2) is 54.6 Å². The Morgan fingerprint density at radius 2 is 1.55 bits per heavy atom. The smallest absolute Gasteiger partial charge is 0.261 e. The number of ether oxygens (including phenoxy) is 1. The third-order valence-electron chi connectivity index (χ3n) is 4.67. The van der Waals surface area contributed by atoms with E-state index in [0.29, 0.717) is 28.3 Å².